The number of pyridine rings is 1. The molecule has 6 nitrogen and oxygen atoms in total. The first-order valence-electron chi connectivity index (χ1n) is 7.83. The van der Waals surface area contributed by atoms with E-state index in [0.717, 1.165) is 11.5 Å². The minimum Gasteiger partial charge on any atom is -0.493 e. The average molecular weight is 356 g/mol. The van der Waals surface area contributed by atoms with Crippen LogP contribution in [-0.4, -0.2) is 25.1 Å². The number of methoxy groups -OCH3 is 2. The van der Waals surface area contributed by atoms with Crippen molar-refractivity contribution in [2.75, 3.05) is 14.2 Å². The molecule has 3 aromatic rings. The van der Waals surface area contributed by atoms with Crippen molar-refractivity contribution < 1.29 is 18.7 Å². The number of fused-ring (bicyclic) bond motifs is 1. The van der Waals surface area contributed by atoms with Crippen LogP contribution in [0.1, 0.15) is 15.9 Å². The van der Waals surface area contributed by atoms with Gasteiger partial charge in [-0.15, -0.1) is 0 Å². The van der Waals surface area contributed by atoms with Crippen LogP contribution in [0.5, 0.6) is 11.5 Å². The molecule has 1 amide bonds. The number of hydrogen-bond acceptors (Lipinski definition) is 4. The number of H-pyrrole nitrogens is 1. The maximum atomic E-state index is 13.2. The van der Waals surface area contributed by atoms with E-state index in [2.05, 4.69) is 10.3 Å². The van der Waals surface area contributed by atoms with Crippen molar-refractivity contribution in [1.82, 2.24) is 10.3 Å². The van der Waals surface area contributed by atoms with E-state index >= 15 is 0 Å². The highest BCUT2D eigenvalue weighted by Crippen LogP contribution is 2.30. The number of benzene rings is 2. The lowest BCUT2D eigenvalue weighted by Gasteiger charge is -2.10. The molecule has 0 bridgehead atoms. The summed E-state index contributed by atoms with van der Waals surface area (Å²) >= 11 is 0. The van der Waals surface area contributed by atoms with Crippen LogP contribution in [-0.2, 0) is 6.54 Å². The van der Waals surface area contributed by atoms with Gasteiger partial charge in [-0.2, -0.15) is 0 Å². The van der Waals surface area contributed by atoms with E-state index in [1.165, 1.54) is 32.4 Å². The average Bonchev–Trinajstić information content (AvgIpc) is 2.65. The summed E-state index contributed by atoms with van der Waals surface area (Å²) in [7, 11) is 3.04. The first-order chi connectivity index (χ1) is 12.5. The summed E-state index contributed by atoms with van der Waals surface area (Å²) < 4.78 is 23.7. The van der Waals surface area contributed by atoms with E-state index in [1.54, 1.807) is 18.2 Å². The van der Waals surface area contributed by atoms with Crippen molar-refractivity contribution in [3.05, 3.63) is 69.8 Å². The van der Waals surface area contributed by atoms with Crippen LogP contribution in [0.25, 0.3) is 10.9 Å². The zero-order valence-corrected chi connectivity index (χ0v) is 14.3. The monoisotopic (exact) mass is 356 g/mol. The number of nitrogens with one attached hydrogen (secondary N) is 2. The minimum atomic E-state index is -0.498. The molecule has 0 aliphatic carbocycles. The Bertz CT molecular complexity index is 1030. The maximum absolute atomic E-state index is 13.2. The van der Waals surface area contributed by atoms with Gasteiger partial charge in [0.25, 0.3) is 11.5 Å². The topological polar surface area (TPSA) is 80.4 Å². The summed E-state index contributed by atoms with van der Waals surface area (Å²) in [5.41, 5.74) is 0.820. The summed E-state index contributed by atoms with van der Waals surface area (Å²) in [5.74, 6) is 0.0724. The van der Waals surface area contributed by atoms with Gasteiger partial charge < -0.3 is 19.8 Å². The molecule has 0 atom stereocenters. The number of carbonyl (C=O) groups excluding carboxylic acids is 1. The lowest BCUT2D eigenvalue weighted by molar-refractivity contribution is 0.0950. The molecule has 0 unspecified atom stereocenters. The third-order valence-corrected chi connectivity index (χ3v) is 3.95. The number of hydrogen-bond donors (Lipinski definition) is 2. The molecule has 0 aliphatic rings. The fourth-order valence-corrected chi connectivity index (χ4v) is 2.62. The molecule has 2 aromatic carbocycles. The Morgan fingerprint density at radius 2 is 1.85 bits per heavy atom. The number of amides is 1. The lowest BCUT2D eigenvalue weighted by Crippen LogP contribution is -2.26. The minimum absolute atomic E-state index is 0.00889. The number of aromatic nitrogens is 1. The molecule has 134 valence electrons. The number of halogens is 1. The Morgan fingerprint density at radius 3 is 2.54 bits per heavy atom. The van der Waals surface area contributed by atoms with Crippen molar-refractivity contribution in [2.45, 2.75) is 6.54 Å². The van der Waals surface area contributed by atoms with Gasteiger partial charge in [0.05, 0.1) is 19.7 Å². The molecule has 2 N–H and O–H groups in total. The van der Waals surface area contributed by atoms with Gasteiger partial charge in [-0.1, -0.05) is 6.07 Å². The number of ether oxygens (including phenoxy) is 2. The second-order valence-corrected chi connectivity index (χ2v) is 5.61. The molecule has 7 heteroatoms. The fourth-order valence-electron chi connectivity index (χ4n) is 2.62. The van der Waals surface area contributed by atoms with E-state index < -0.39 is 11.7 Å². The molecule has 0 fully saturated rings. The van der Waals surface area contributed by atoms with E-state index in [0.29, 0.717) is 22.6 Å². The molecule has 1 heterocycles. The third-order valence-electron chi connectivity index (χ3n) is 3.95. The molecule has 26 heavy (non-hydrogen) atoms. The van der Waals surface area contributed by atoms with E-state index in [4.69, 9.17) is 9.47 Å². The first-order valence-corrected chi connectivity index (χ1v) is 7.83. The van der Waals surface area contributed by atoms with Crippen molar-refractivity contribution in [1.29, 1.82) is 0 Å². The molecule has 0 saturated heterocycles. The van der Waals surface area contributed by atoms with Gasteiger partial charge in [0.2, 0.25) is 0 Å². The van der Waals surface area contributed by atoms with Crippen LogP contribution in [0.15, 0.2) is 47.3 Å². The highest BCUT2D eigenvalue weighted by atomic mass is 19.1. The second kappa shape index (κ2) is 7.26. The number of aromatic amines is 1. The predicted molar refractivity (Wildman–Crippen MR) is 95.2 cm³/mol. The van der Waals surface area contributed by atoms with Crippen LogP contribution in [0.2, 0.25) is 0 Å². The van der Waals surface area contributed by atoms with Gasteiger partial charge in [0, 0.05) is 29.1 Å². The van der Waals surface area contributed by atoms with Crippen molar-refractivity contribution in [3.8, 4) is 11.5 Å². The zero-order chi connectivity index (χ0) is 18.7. The molecule has 0 aliphatic heterocycles. The van der Waals surface area contributed by atoms with E-state index in [9.17, 15) is 14.0 Å². The third kappa shape index (κ3) is 3.51. The molecule has 1 aromatic heterocycles. The maximum Gasteiger partial charge on any atom is 0.253 e. The van der Waals surface area contributed by atoms with Crippen molar-refractivity contribution >= 4 is 16.8 Å². The van der Waals surface area contributed by atoms with Gasteiger partial charge >= 0.3 is 0 Å². The van der Waals surface area contributed by atoms with Crippen LogP contribution in [0.3, 0.4) is 0 Å². The Labute approximate surface area is 148 Å². The summed E-state index contributed by atoms with van der Waals surface area (Å²) in [4.78, 5) is 27.1. The van der Waals surface area contributed by atoms with Gasteiger partial charge in [-0.3, -0.25) is 9.59 Å². The molecule has 0 radical (unpaired) electrons. The van der Waals surface area contributed by atoms with Gasteiger partial charge in [-0.05, 0) is 30.3 Å². The Morgan fingerprint density at radius 1 is 1.12 bits per heavy atom. The quantitative estimate of drug-likeness (QED) is 0.736. The lowest BCUT2D eigenvalue weighted by atomic mass is 10.1. The van der Waals surface area contributed by atoms with Gasteiger partial charge in [0.15, 0.2) is 11.5 Å². The SMILES string of the molecule is COc1cc2cc(CNC(=O)c3cccc(F)c3)c(=O)[nH]c2cc1OC. The molecule has 0 spiro atoms. The first kappa shape index (κ1) is 17.5. The summed E-state index contributed by atoms with van der Waals surface area (Å²) in [6.07, 6.45) is 0. The van der Waals surface area contributed by atoms with Crippen molar-refractivity contribution in [2.24, 2.45) is 0 Å². The molecular formula is C19H17FN2O4. The zero-order valence-electron chi connectivity index (χ0n) is 14.3. The smallest absolute Gasteiger partial charge is 0.253 e. The van der Waals surface area contributed by atoms with Crippen LogP contribution >= 0.6 is 0 Å². The number of rotatable bonds is 5. The van der Waals surface area contributed by atoms with Crippen LogP contribution in [0, 0.1) is 5.82 Å². The Hall–Kier alpha value is -3.35. The van der Waals surface area contributed by atoms with E-state index in [1.807, 2.05) is 0 Å². The fraction of sp³-hybridized carbons (Fsp3) is 0.158. The molecular weight excluding hydrogens is 339 g/mol. The summed E-state index contributed by atoms with van der Waals surface area (Å²) in [5, 5.41) is 3.35. The largest absolute Gasteiger partial charge is 0.493 e. The number of carbonyl (C=O) groups is 1. The molecule has 3 rings (SSSR count). The highest BCUT2D eigenvalue weighted by Gasteiger charge is 2.11. The van der Waals surface area contributed by atoms with Gasteiger partial charge in [0.1, 0.15) is 5.82 Å². The standard InChI is InChI=1S/C19H17FN2O4/c1-25-16-8-12-6-13(19(24)22-15(12)9-17(16)26-2)10-21-18(23)11-4-3-5-14(20)7-11/h3-9H,10H2,1-2H3,(H,21,23)(H,22,24). The molecule has 0 saturated carbocycles. The normalized spacial score (nSPS) is 10.6. The summed E-state index contributed by atoms with van der Waals surface area (Å²) in [6.45, 7) is 0.00889. The Kier molecular flexibility index (Phi) is 4.88. The van der Waals surface area contributed by atoms with Crippen LogP contribution in [0.4, 0.5) is 4.39 Å². The Balaban J connectivity index is 1.87. The highest BCUT2D eigenvalue weighted by molar-refractivity contribution is 5.94. The summed E-state index contributed by atoms with van der Waals surface area (Å²) in [6, 6.07) is 10.4. The van der Waals surface area contributed by atoms with Crippen LogP contribution < -0.4 is 20.3 Å². The second-order valence-electron chi connectivity index (χ2n) is 5.61. The van der Waals surface area contributed by atoms with Crippen molar-refractivity contribution in [3.63, 3.8) is 0 Å². The van der Waals surface area contributed by atoms with E-state index in [-0.39, 0.29) is 17.7 Å². The predicted octanol–water partition coefficient (Wildman–Crippen LogP) is 2.61. The van der Waals surface area contributed by atoms with Gasteiger partial charge in [-0.25, -0.2) is 4.39 Å².